The van der Waals surface area contributed by atoms with E-state index in [1.807, 2.05) is 311 Å². The molecule has 0 N–H and O–H groups in total. The molecule has 0 saturated carbocycles. The third-order valence-electron chi connectivity index (χ3n) is 22.0. The smallest absolute Gasteiger partial charge is 0.159 e. The highest BCUT2D eigenvalue weighted by Crippen LogP contribution is 2.37. The fourth-order valence-electron chi connectivity index (χ4n) is 14.4. The van der Waals surface area contributed by atoms with Gasteiger partial charge in [-0.25, -0.2) is 29.9 Å². The topological polar surface area (TPSA) is 123 Å². The van der Waals surface area contributed by atoms with Gasteiger partial charge in [-0.3, -0.25) is 0 Å². The number of para-hydroxylation sites is 5. The molecule has 0 atom stereocenters. The minimum absolute atomic E-state index is 0.780. The van der Waals surface area contributed by atoms with E-state index in [1.165, 1.54) is 73.1 Å². The van der Waals surface area contributed by atoms with Crippen LogP contribution in [-0.4, -0.2) is 29.9 Å². The molecular weight excluding hydrogens is 1700 g/mol. The third kappa shape index (κ3) is 30.6. The third-order valence-corrected chi connectivity index (χ3v) is 22.0. The maximum atomic E-state index is 5.97. The molecule has 0 fully saturated rings. The SMILES string of the molecule is Cc1c(Oc2ccccc2)cccc1-c1ccccc1.Cc1cc(-c2ccccc2)ccc1Oc1ccccc1.Cc1cc(-c2ccccc2)ccc1Oc1ccccc1.Cc1ccc(-c2ccccc2)cc1Oc1ccccc1.Cc1ccc(-c2ccccc2)cc1Oc1ccccc1.Cc1ccc(-c2cncnc2)cc1.Cc1ccc(-c2ncccn2)cc1.Cc1cnc(-c2ccccc2)nc1. The zero-order valence-electron chi connectivity index (χ0n) is 79.4. The lowest BCUT2D eigenvalue weighted by Gasteiger charge is -2.12. The summed E-state index contributed by atoms with van der Waals surface area (Å²) in [5, 5.41) is 0. The van der Waals surface area contributed by atoms with Crippen molar-refractivity contribution in [3.8, 4) is 147 Å². The summed E-state index contributed by atoms with van der Waals surface area (Å²) < 4.78 is 29.7. The molecule has 0 unspecified atom stereocenters. The average molecular weight is 1810 g/mol. The van der Waals surface area contributed by atoms with Crippen LogP contribution in [0.5, 0.6) is 57.5 Å². The lowest BCUT2D eigenvalue weighted by molar-refractivity contribution is 0.479. The molecule has 0 aliphatic carbocycles. The van der Waals surface area contributed by atoms with E-state index in [0.717, 1.165) is 125 Å². The van der Waals surface area contributed by atoms with Crippen molar-refractivity contribution in [2.75, 3.05) is 0 Å². The van der Waals surface area contributed by atoms with Gasteiger partial charge in [0.05, 0.1) is 0 Å². The molecule has 139 heavy (non-hydrogen) atoms. The van der Waals surface area contributed by atoms with Crippen molar-refractivity contribution in [3.63, 3.8) is 0 Å². The summed E-state index contributed by atoms with van der Waals surface area (Å²) in [5.41, 5.74) is 25.6. The van der Waals surface area contributed by atoms with Gasteiger partial charge in [-0.05, 0) is 259 Å². The van der Waals surface area contributed by atoms with Gasteiger partial charge in [-0.2, -0.15) is 0 Å². The molecule has 0 radical (unpaired) electrons. The van der Waals surface area contributed by atoms with Gasteiger partial charge in [0, 0.05) is 53.9 Å². The second-order valence-corrected chi connectivity index (χ2v) is 32.6. The Labute approximate surface area is 817 Å². The van der Waals surface area contributed by atoms with Crippen LogP contribution in [0.15, 0.2) is 523 Å². The second-order valence-electron chi connectivity index (χ2n) is 32.6. The van der Waals surface area contributed by atoms with Gasteiger partial charge in [0.15, 0.2) is 11.6 Å². The van der Waals surface area contributed by atoms with Crippen LogP contribution < -0.4 is 23.7 Å². The Bertz CT molecular complexity index is 6690. The van der Waals surface area contributed by atoms with Crippen LogP contribution in [0.2, 0.25) is 0 Å². The molecule has 3 aromatic heterocycles. The zero-order valence-corrected chi connectivity index (χ0v) is 79.4. The van der Waals surface area contributed by atoms with E-state index < -0.39 is 0 Å². The fourth-order valence-corrected chi connectivity index (χ4v) is 14.4. The molecule has 11 nitrogen and oxygen atoms in total. The molecule has 3 heterocycles. The quantitative estimate of drug-likeness (QED) is 0.0816. The Balaban J connectivity index is 0.000000127. The molecule has 18 aromatic carbocycles. The van der Waals surface area contributed by atoms with Crippen LogP contribution in [0.1, 0.15) is 44.5 Å². The molecule has 0 aliphatic heterocycles. The number of hydrogen-bond donors (Lipinski definition) is 0. The number of rotatable bonds is 18. The fraction of sp³-hybridized carbons (Fsp3) is 0.0625. The molecular formula is C128H110N6O5. The van der Waals surface area contributed by atoms with E-state index in [9.17, 15) is 0 Å². The summed E-state index contributed by atoms with van der Waals surface area (Å²) in [5.74, 6) is 10.4. The van der Waals surface area contributed by atoms with Crippen LogP contribution in [0.3, 0.4) is 0 Å². The first-order valence-corrected chi connectivity index (χ1v) is 46.2. The summed E-state index contributed by atoms with van der Waals surface area (Å²) in [6, 6.07) is 161. The minimum atomic E-state index is 0.780. The van der Waals surface area contributed by atoms with Gasteiger partial charge in [0.1, 0.15) is 63.8 Å². The first-order chi connectivity index (χ1) is 68.2. The number of aromatic nitrogens is 6. The molecule has 0 saturated heterocycles. The van der Waals surface area contributed by atoms with Gasteiger partial charge in [0.25, 0.3) is 0 Å². The van der Waals surface area contributed by atoms with Gasteiger partial charge in [-0.15, -0.1) is 0 Å². The average Bonchev–Trinajstić information content (AvgIpc) is 0.822. The van der Waals surface area contributed by atoms with Crippen molar-refractivity contribution < 1.29 is 23.7 Å². The number of aryl methyl sites for hydroxylation is 7. The first kappa shape index (κ1) is 97.2. The van der Waals surface area contributed by atoms with E-state index in [1.54, 1.807) is 12.4 Å². The van der Waals surface area contributed by atoms with Crippen molar-refractivity contribution >= 4 is 0 Å². The maximum Gasteiger partial charge on any atom is 0.159 e. The molecule has 0 aliphatic rings. The number of ether oxygens (including phenoxy) is 5. The molecule has 0 bridgehead atoms. The molecule has 11 heteroatoms. The van der Waals surface area contributed by atoms with Gasteiger partial charge in [-0.1, -0.05) is 381 Å². The van der Waals surface area contributed by atoms with Gasteiger partial charge < -0.3 is 23.7 Å². The summed E-state index contributed by atoms with van der Waals surface area (Å²) in [4.78, 5) is 24.8. The van der Waals surface area contributed by atoms with Crippen molar-refractivity contribution in [2.45, 2.75) is 55.4 Å². The Kier molecular flexibility index (Phi) is 36.4. The van der Waals surface area contributed by atoms with Crippen molar-refractivity contribution in [3.05, 3.63) is 567 Å². The van der Waals surface area contributed by atoms with E-state index in [2.05, 4.69) is 279 Å². The second kappa shape index (κ2) is 52.0. The number of benzene rings is 18. The summed E-state index contributed by atoms with van der Waals surface area (Å²) in [6.45, 7) is 16.5. The van der Waals surface area contributed by atoms with E-state index in [4.69, 9.17) is 23.7 Å². The highest BCUT2D eigenvalue weighted by Gasteiger charge is 2.13. The summed E-state index contributed by atoms with van der Waals surface area (Å²) in [7, 11) is 0. The Hall–Kier alpha value is -17.8. The molecule has 21 aromatic rings. The van der Waals surface area contributed by atoms with Gasteiger partial charge in [0.2, 0.25) is 0 Å². The zero-order chi connectivity index (χ0) is 96.2. The number of hydrogen-bond acceptors (Lipinski definition) is 11. The van der Waals surface area contributed by atoms with Crippen LogP contribution >= 0.6 is 0 Å². The lowest BCUT2D eigenvalue weighted by atomic mass is 10.00. The van der Waals surface area contributed by atoms with E-state index in [-0.39, 0.29) is 0 Å². The molecule has 0 amide bonds. The van der Waals surface area contributed by atoms with Crippen molar-refractivity contribution in [1.29, 1.82) is 0 Å². The van der Waals surface area contributed by atoms with Gasteiger partial charge >= 0.3 is 0 Å². The van der Waals surface area contributed by atoms with Crippen LogP contribution in [0.4, 0.5) is 0 Å². The molecule has 21 rings (SSSR count). The maximum absolute atomic E-state index is 5.97. The Morgan fingerprint density at radius 1 is 0.165 bits per heavy atom. The predicted octanol–water partition coefficient (Wildman–Crippen LogP) is 34.6. The number of nitrogens with zero attached hydrogens (tertiary/aromatic N) is 6. The van der Waals surface area contributed by atoms with Crippen molar-refractivity contribution in [1.82, 2.24) is 29.9 Å². The summed E-state index contributed by atoms with van der Waals surface area (Å²) >= 11 is 0. The normalized spacial score (nSPS) is 10.2. The monoisotopic (exact) mass is 1810 g/mol. The first-order valence-electron chi connectivity index (χ1n) is 46.2. The Morgan fingerprint density at radius 3 is 0.791 bits per heavy atom. The van der Waals surface area contributed by atoms with Crippen LogP contribution in [-0.2, 0) is 0 Å². The summed E-state index contributed by atoms with van der Waals surface area (Å²) in [6.07, 6.45) is 12.3. The van der Waals surface area contributed by atoms with E-state index in [0.29, 0.717) is 0 Å². The Morgan fingerprint density at radius 2 is 0.439 bits per heavy atom. The van der Waals surface area contributed by atoms with Crippen molar-refractivity contribution in [2.24, 2.45) is 0 Å². The standard InChI is InChI=1S/5C19H16O.3C11H10N2/c1-15-18(16-9-4-2-5-10-16)13-8-14-19(15)20-17-11-6-3-7-12-17;2*1-15-14-17(16-8-4-2-5-9-16)12-13-19(15)20-18-10-6-3-7-11-18;2*1-15-12-13-17(16-8-4-2-5-9-16)14-19(15)20-18-10-6-3-7-11-18;1-9-3-5-10(6-4-9)11-12-7-2-8-13-11;1-9-2-4-10(5-3-9)11-6-12-8-13-7-11;1-9-7-12-11(13-8-9)10-5-3-2-4-6-10/h5*2-14H,1H3;3*2-8H,1H3. The van der Waals surface area contributed by atoms with E-state index >= 15 is 0 Å². The molecule has 682 valence electrons. The lowest BCUT2D eigenvalue weighted by Crippen LogP contribution is -1.90. The predicted molar refractivity (Wildman–Crippen MR) is 572 cm³/mol. The largest absolute Gasteiger partial charge is 0.457 e. The van der Waals surface area contributed by atoms with Crippen LogP contribution in [0.25, 0.3) is 89.5 Å². The molecule has 0 spiro atoms. The van der Waals surface area contributed by atoms with Crippen LogP contribution in [0, 0.1) is 55.4 Å². The highest BCUT2D eigenvalue weighted by atomic mass is 16.5. The minimum Gasteiger partial charge on any atom is -0.457 e. The highest BCUT2D eigenvalue weighted by molar-refractivity contribution is 5.72.